The van der Waals surface area contributed by atoms with E-state index in [0.29, 0.717) is 20.9 Å². The predicted octanol–water partition coefficient (Wildman–Crippen LogP) is 3.02. The molecule has 3 heterocycles. The highest BCUT2D eigenvalue weighted by Gasteiger charge is 2.40. The summed E-state index contributed by atoms with van der Waals surface area (Å²) in [5.74, 6) is -0.379. The van der Waals surface area contributed by atoms with Gasteiger partial charge in [-0.1, -0.05) is 11.3 Å². The average Bonchev–Trinajstić information content (AvgIpc) is 3.19. The van der Waals surface area contributed by atoms with Crippen molar-refractivity contribution < 1.29 is 28.9 Å². The van der Waals surface area contributed by atoms with Gasteiger partial charge in [0.1, 0.15) is 18.0 Å². The number of aliphatic hydroxyl groups excluding tert-OH is 3. The third kappa shape index (κ3) is 4.81. The maximum Gasteiger partial charge on any atom is 0.323 e. The van der Waals surface area contributed by atoms with Gasteiger partial charge in [-0.3, -0.25) is 10.3 Å². The molecule has 0 radical (unpaired) electrons. The first-order valence-corrected chi connectivity index (χ1v) is 11.3. The van der Waals surface area contributed by atoms with E-state index >= 15 is 4.39 Å². The zero-order valence-corrected chi connectivity index (χ0v) is 18.6. The summed E-state index contributed by atoms with van der Waals surface area (Å²) in [6.07, 6.45) is -1.30. The Balaban J connectivity index is 1.41. The van der Waals surface area contributed by atoms with Crippen molar-refractivity contribution in [3.8, 4) is 0 Å². The summed E-state index contributed by atoms with van der Waals surface area (Å²) < 4.78 is 29.7. The molecule has 2 atom stereocenters. The number of pyridine rings is 1. The van der Waals surface area contributed by atoms with Gasteiger partial charge in [-0.2, -0.15) is 0 Å². The van der Waals surface area contributed by atoms with E-state index in [-0.39, 0.29) is 43.0 Å². The molecule has 33 heavy (non-hydrogen) atoms. The Morgan fingerprint density at radius 1 is 1.30 bits per heavy atom. The monoisotopic (exact) mass is 478 g/mol. The lowest BCUT2D eigenvalue weighted by molar-refractivity contribution is -0.0155. The number of nitrogens with one attached hydrogen (secondary N) is 1. The number of amides is 2. The second kappa shape index (κ2) is 9.26. The highest BCUT2D eigenvalue weighted by atomic mass is 32.1. The number of benzene rings is 1. The quantitative estimate of drug-likeness (QED) is 0.448. The molecule has 1 aliphatic heterocycles. The predicted molar refractivity (Wildman–Crippen MR) is 119 cm³/mol. The normalized spacial score (nSPS) is 17.7. The van der Waals surface area contributed by atoms with Crippen molar-refractivity contribution in [3.05, 3.63) is 53.1 Å². The summed E-state index contributed by atoms with van der Waals surface area (Å²) in [5.41, 5.74) is -0.134. The highest BCUT2D eigenvalue weighted by molar-refractivity contribution is 7.22. The molecule has 4 rings (SSSR count). The Morgan fingerprint density at radius 3 is 2.70 bits per heavy atom. The zero-order valence-electron chi connectivity index (χ0n) is 17.8. The lowest BCUT2D eigenvalue weighted by Gasteiger charge is -2.36. The number of carbonyl (C=O) groups is 1. The molecule has 0 bridgehead atoms. The Morgan fingerprint density at radius 2 is 2.03 bits per heavy atom. The smallest absolute Gasteiger partial charge is 0.323 e. The number of piperidine rings is 1. The van der Waals surface area contributed by atoms with Crippen molar-refractivity contribution >= 4 is 32.7 Å². The van der Waals surface area contributed by atoms with E-state index in [2.05, 4.69) is 15.3 Å². The number of thiazole rings is 1. The second-order valence-electron chi connectivity index (χ2n) is 8.14. The number of rotatable bonds is 5. The molecule has 11 heteroatoms. The fourth-order valence-electron chi connectivity index (χ4n) is 3.97. The van der Waals surface area contributed by atoms with Gasteiger partial charge < -0.3 is 20.2 Å². The van der Waals surface area contributed by atoms with Crippen LogP contribution < -0.4 is 5.32 Å². The highest BCUT2D eigenvalue weighted by Crippen LogP contribution is 2.38. The molecule has 1 saturated heterocycles. The number of urea groups is 1. The van der Waals surface area contributed by atoms with Gasteiger partial charge >= 0.3 is 6.03 Å². The van der Waals surface area contributed by atoms with Gasteiger partial charge in [-0.05, 0) is 36.8 Å². The van der Waals surface area contributed by atoms with E-state index < -0.39 is 30.5 Å². The van der Waals surface area contributed by atoms with Crippen molar-refractivity contribution in [2.45, 2.75) is 37.6 Å². The number of likely N-dealkylation sites (tertiary alicyclic amines) is 1. The number of aromatic nitrogens is 2. The number of halogens is 2. The van der Waals surface area contributed by atoms with Gasteiger partial charge in [-0.25, -0.2) is 18.6 Å². The van der Waals surface area contributed by atoms with Crippen LogP contribution in [0.1, 0.15) is 35.8 Å². The van der Waals surface area contributed by atoms with Crippen LogP contribution in [-0.2, 0) is 5.67 Å². The van der Waals surface area contributed by atoms with E-state index in [0.717, 1.165) is 11.3 Å². The topological polar surface area (TPSA) is 119 Å². The molecule has 3 aromatic rings. The van der Waals surface area contributed by atoms with E-state index in [9.17, 15) is 19.4 Å². The number of alkyl halides is 1. The first kappa shape index (κ1) is 23.4. The summed E-state index contributed by atoms with van der Waals surface area (Å²) in [7, 11) is 0. The molecule has 4 N–H and O–H groups in total. The number of fused-ring (bicyclic) bond motifs is 1. The lowest BCUT2D eigenvalue weighted by Crippen LogP contribution is -2.45. The summed E-state index contributed by atoms with van der Waals surface area (Å²) in [6, 6.07) is 5.34. The van der Waals surface area contributed by atoms with Crippen LogP contribution in [0.4, 0.5) is 18.7 Å². The van der Waals surface area contributed by atoms with Gasteiger partial charge in [0.25, 0.3) is 0 Å². The molecule has 0 unspecified atom stereocenters. The molecule has 0 spiro atoms. The molecule has 1 aliphatic rings. The van der Waals surface area contributed by atoms with E-state index in [1.807, 2.05) is 0 Å². The van der Waals surface area contributed by atoms with Crippen LogP contribution in [0.25, 0.3) is 10.2 Å². The van der Waals surface area contributed by atoms with Crippen LogP contribution in [0.3, 0.4) is 0 Å². The van der Waals surface area contributed by atoms with Crippen LogP contribution in [0.5, 0.6) is 0 Å². The molecular formula is C22H24F2N4O4S. The lowest BCUT2D eigenvalue weighted by atomic mass is 9.87. The number of anilines is 1. The Hall–Kier alpha value is -2.73. The number of hydrogen-bond donors (Lipinski definition) is 4. The minimum absolute atomic E-state index is 0.0421. The molecule has 8 nitrogen and oxygen atoms in total. The largest absolute Gasteiger partial charge is 0.394 e. The minimum atomic E-state index is -1.74. The van der Waals surface area contributed by atoms with Crippen molar-refractivity contribution in [1.82, 2.24) is 14.9 Å². The Bertz CT molecular complexity index is 1170. The third-order valence-corrected chi connectivity index (χ3v) is 6.76. The van der Waals surface area contributed by atoms with Crippen LogP contribution in [0.15, 0.2) is 30.5 Å². The molecule has 176 valence electrons. The van der Waals surface area contributed by atoms with Crippen LogP contribution in [-0.4, -0.2) is 62.0 Å². The molecule has 2 aromatic heterocycles. The van der Waals surface area contributed by atoms with E-state index in [1.165, 1.54) is 23.2 Å². The molecule has 1 fully saturated rings. The van der Waals surface area contributed by atoms with Crippen molar-refractivity contribution in [1.29, 1.82) is 0 Å². The van der Waals surface area contributed by atoms with Crippen molar-refractivity contribution in [2.75, 3.05) is 25.0 Å². The summed E-state index contributed by atoms with van der Waals surface area (Å²) in [5, 5.41) is 31.7. The summed E-state index contributed by atoms with van der Waals surface area (Å²) in [4.78, 5) is 22.6. The van der Waals surface area contributed by atoms with Gasteiger partial charge in [0.05, 0.1) is 22.5 Å². The van der Waals surface area contributed by atoms with Crippen molar-refractivity contribution in [2.24, 2.45) is 0 Å². The Labute approximate surface area is 192 Å². The summed E-state index contributed by atoms with van der Waals surface area (Å²) in [6.45, 7) is 1.38. The van der Waals surface area contributed by atoms with E-state index in [4.69, 9.17) is 5.11 Å². The van der Waals surface area contributed by atoms with Crippen LogP contribution >= 0.6 is 11.3 Å². The first-order chi connectivity index (χ1) is 15.7. The maximum atomic E-state index is 15.7. The fourth-order valence-corrected chi connectivity index (χ4v) is 4.85. The first-order valence-electron chi connectivity index (χ1n) is 10.4. The molecule has 0 saturated carbocycles. The number of aliphatic hydroxyl groups is 3. The molecule has 1 aromatic carbocycles. The fraction of sp³-hybridized carbons (Fsp3) is 0.409. The van der Waals surface area contributed by atoms with Gasteiger partial charge in [-0.15, -0.1) is 0 Å². The zero-order chi connectivity index (χ0) is 23.8. The minimum Gasteiger partial charge on any atom is -0.394 e. The summed E-state index contributed by atoms with van der Waals surface area (Å²) >= 11 is 1.16. The molecule has 2 amide bonds. The standard InChI is InChI=1S/C22H24F2N4O4S/c1-12-8-13(18(31)16(30)11-29)10-25-19(12)22(24)4-6-28(7-5-22)21(32)27-20-26-15-3-2-14(23)9-17(15)33-20/h2-3,8-10,16,18,29-31H,4-7,11H2,1H3,(H,26,27,32)/t16-,18-/m0/s1. The van der Waals surface area contributed by atoms with Crippen LogP contribution in [0, 0.1) is 12.7 Å². The van der Waals surface area contributed by atoms with Gasteiger partial charge in [0.15, 0.2) is 10.8 Å². The van der Waals surface area contributed by atoms with Gasteiger partial charge in [0, 0.05) is 37.7 Å². The maximum absolute atomic E-state index is 15.7. The number of aryl methyl sites for hydroxylation is 1. The number of nitrogens with zero attached hydrogens (tertiary/aromatic N) is 3. The van der Waals surface area contributed by atoms with Crippen LogP contribution in [0.2, 0.25) is 0 Å². The van der Waals surface area contributed by atoms with E-state index in [1.54, 1.807) is 19.1 Å². The Kier molecular flexibility index (Phi) is 6.57. The van der Waals surface area contributed by atoms with Crippen molar-refractivity contribution in [3.63, 3.8) is 0 Å². The second-order valence-corrected chi connectivity index (χ2v) is 9.17. The molecule has 0 aliphatic carbocycles. The average molecular weight is 479 g/mol. The number of carbonyl (C=O) groups excluding carboxylic acids is 1. The SMILES string of the molecule is Cc1cc([C@H](O)[C@@H](O)CO)cnc1C1(F)CCN(C(=O)Nc2nc3ccc(F)cc3s2)CC1. The third-order valence-electron chi connectivity index (χ3n) is 5.82. The number of hydrogen-bond acceptors (Lipinski definition) is 7. The molecular weight excluding hydrogens is 454 g/mol. The van der Waals surface area contributed by atoms with Gasteiger partial charge in [0.2, 0.25) is 0 Å².